The zero-order chi connectivity index (χ0) is 11.5. The van der Waals surface area contributed by atoms with Crippen molar-refractivity contribution in [2.45, 2.75) is 9.79 Å². The molecule has 0 bridgehead atoms. The second-order valence-electron chi connectivity index (χ2n) is 3.08. The first-order valence-electron chi connectivity index (χ1n) is 4.55. The standard InChI is InChI=1S/C12H7Br2ClS/c13-8-4-1-2-7-11(8)16-12-9(14)5-3-6-10(12)15/h1-7H. The van der Waals surface area contributed by atoms with Gasteiger partial charge in [-0.15, -0.1) is 0 Å². The molecule has 0 radical (unpaired) electrons. The Labute approximate surface area is 121 Å². The van der Waals surface area contributed by atoms with Crippen LogP contribution >= 0.6 is 55.2 Å². The SMILES string of the molecule is Clc1cccc(Br)c1Sc1ccccc1Br. The smallest absolute Gasteiger partial charge is 0.0556 e. The van der Waals surface area contributed by atoms with Gasteiger partial charge in [-0.2, -0.15) is 0 Å². The highest BCUT2D eigenvalue weighted by molar-refractivity contribution is 9.11. The molecule has 0 N–H and O–H groups in total. The molecule has 0 saturated heterocycles. The average molecular weight is 379 g/mol. The Morgan fingerprint density at radius 1 is 0.875 bits per heavy atom. The minimum absolute atomic E-state index is 0.759. The van der Waals surface area contributed by atoms with E-state index in [1.807, 2.05) is 36.4 Å². The van der Waals surface area contributed by atoms with Crippen molar-refractivity contribution in [1.29, 1.82) is 0 Å². The maximum atomic E-state index is 6.17. The summed E-state index contributed by atoms with van der Waals surface area (Å²) in [5, 5.41) is 0.759. The molecule has 16 heavy (non-hydrogen) atoms. The number of hydrogen-bond acceptors (Lipinski definition) is 1. The first kappa shape index (κ1) is 12.5. The molecule has 0 atom stereocenters. The van der Waals surface area contributed by atoms with E-state index < -0.39 is 0 Å². The van der Waals surface area contributed by atoms with E-state index >= 15 is 0 Å². The first-order valence-corrected chi connectivity index (χ1v) is 7.33. The van der Waals surface area contributed by atoms with Gasteiger partial charge in [-0.25, -0.2) is 0 Å². The molecule has 0 nitrogen and oxygen atoms in total. The largest absolute Gasteiger partial charge is 0.0862 e. The molecule has 0 aliphatic carbocycles. The Morgan fingerprint density at radius 2 is 1.56 bits per heavy atom. The molecule has 82 valence electrons. The van der Waals surface area contributed by atoms with Gasteiger partial charge in [0.15, 0.2) is 0 Å². The van der Waals surface area contributed by atoms with Crippen molar-refractivity contribution in [3.05, 3.63) is 56.4 Å². The van der Waals surface area contributed by atoms with Crippen molar-refractivity contribution in [2.24, 2.45) is 0 Å². The molecule has 0 heterocycles. The maximum Gasteiger partial charge on any atom is 0.0556 e. The third kappa shape index (κ3) is 2.83. The monoisotopic (exact) mass is 376 g/mol. The second-order valence-corrected chi connectivity index (χ2v) is 6.25. The molecule has 2 aromatic carbocycles. The Kier molecular flexibility index (Phi) is 4.36. The minimum atomic E-state index is 0.759. The van der Waals surface area contributed by atoms with Crippen molar-refractivity contribution in [3.63, 3.8) is 0 Å². The Balaban J connectivity index is 2.38. The van der Waals surface area contributed by atoms with Crippen LogP contribution in [-0.2, 0) is 0 Å². The van der Waals surface area contributed by atoms with Gasteiger partial charge in [0.25, 0.3) is 0 Å². The fourth-order valence-corrected chi connectivity index (χ4v) is 3.62. The normalized spacial score (nSPS) is 10.4. The van der Waals surface area contributed by atoms with Gasteiger partial charge in [-0.1, -0.05) is 41.6 Å². The summed E-state index contributed by atoms with van der Waals surface area (Å²) in [6.45, 7) is 0. The Morgan fingerprint density at radius 3 is 2.25 bits per heavy atom. The van der Waals surface area contributed by atoms with E-state index in [9.17, 15) is 0 Å². The fourth-order valence-electron chi connectivity index (χ4n) is 1.22. The van der Waals surface area contributed by atoms with E-state index in [2.05, 4.69) is 37.9 Å². The van der Waals surface area contributed by atoms with Crippen LogP contribution in [0.5, 0.6) is 0 Å². The van der Waals surface area contributed by atoms with Crippen LogP contribution in [0.2, 0.25) is 5.02 Å². The molecule has 0 unspecified atom stereocenters. The van der Waals surface area contributed by atoms with Gasteiger partial charge in [0, 0.05) is 18.7 Å². The van der Waals surface area contributed by atoms with Gasteiger partial charge < -0.3 is 0 Å². The predicted molar refractivity (Wildman–Crippen MR) is 77.4 cm³/mol. The van der Waals surface area contributed by atoms with Gasteiger partial charge in [0.2, 0.25) is 0 Å². The Hall–Kier alpha value is 0.0400. The third-order valence-corrected chi connectivity index (χ3v) is 5.49. The van der Waals surface area contributed by atoms with Crippen LogP contribution in [0.4, 0.5) is 0 Å². The van der Waals surface area contributed by atoms with Crippen LogP contribution in [0.15, 0.2) is 61.2 Å². The van der Waals surface area contributed by atoms with Gasteiger partial charge in [-0.05, 0) is 56.1 Å². The van der Waals surface area contributed by atoms with E-state index in [0.29, 0.717) is 0 Å². The topological polar surface area (TPSA) is 0 Å². The summed E-state index contributed by atoms with van der Waals surface area (Å²) < 4.78 is 2.09. The van der Waals surface area contributed by atoms with Crippen molar-refractivity contribution in [2.75, 3.05) is 0 Å². The Bertz CT molecular complexity index is 494. The van der Waals surface area contributed by atoms with Crippen LogP contribution in [0.1, 0.15) is 0 Å². The van der Waals surface area contributed by atoms with Crippen molar-refractivity contribution in [3.8, 4) is 0 Å². The van der Waals surface area contributed by atoms with Crippen LogP contribution < -0.4 is 0 Å². The zero-order valence-electron chi connectivity index (χ0n) is 8.08. The molecule has 0 aliphatic rings. The predicted octanol–water partition coefficient (Wildman–Crippen LogP) is 6.02. The third-order valence-electron chi connectivity index (χ3n) is 1.97. The lowest BCUT2D eigenvalue weighted by Gasteiger charge is -2.07. The highest BCUT2D eigenvalue weighted by Gasteiger charge is 2.08. The lowest BCUT2D eigenvalue weighted by atomic mass is 10.4. The lowest BCUT2D eigenvalue weighted by Crippen LogP contribution is -1.79. The number of hydrogen-bond donors (Lipinski definition) is 0. The molecule has 0 saturated carbocycles. The fraction of sp³-hybridized carbons (Fsp3) is 0. The summed E-state index contributed by atoms with van der Waals surface area (Å²) in [5.74, 6) is 0. The molecular formula is C12H7Br2ClS. The summed E-state index contributed by atoms with van der Waals surface area (Å²) in [7, 11) is 0. The number of halogens is 3. The van der Waals surface area contributed by atoms with Gasteiger partial charge in [0.1, 0.15) is 0 Å². The summed E-state index contributed by atoms with van der Waals surface area (Å²) in [6, 6.07) is 13.9. The first-order chi connectivity index (χ1) is 7.68. The molecular weight excluding hydrogens is 371 g/mol. The molecule has 0 aromatic heterocycles. The van der Waals surface area contributed by atoms with Crippen LogP contribution in [0.3, 0.4) is 0 Å². The van der Waals surface area contributed by atoms with Crippen LogP contribution in [0, 0.1) is 0 Å². The van der Waals surface area contributed by atoms with Gasteiger partial charge in [0.05, 0.1) is 5.02 Å². The molecule has 0 spiro atoms. The highest BCUT2D eigenvalue weighted by atomic mass is 79.9. The van der Waals surface area contributed by atoms with Gasteiger partial charge >= 0.3 is 0 Å². The molecule has 2 rings (SSSR count). The minimum Gasteiger partial charge on any atom is -0.0862 e. The van der Waals surface area contributed by atoms with E-state index in [1.54, 1.807) is 11.8 Å². The molecule has 0 amide bonds. The average Bonchev–Trinajstić information content (AvgIpc) is 2.26. The zero-order valence-corrected chi connectivity index (χ0v) is 12.8. The lowest BCUT2D eigenvalue weighted by molar-refractivity contribution is 1.35. The van der Waals surface area contributed by atoms with Gasteiger partial charge in [-0.3, -0.25) is 0 Å². The summed E-state index contributed by atoms with van der Waals surface area (Å²) in [6.07, 6.45) is 0. The number of rotatable bonds is 2. The highest BCUT2D eigenvalue weighted by Crippen LogP contribution is 2.40. The van der Waals surface area contributed by atoms with Crippen molar-refractivity contribution < 1.29 is 0 Å². The summed E-state index contributed by atoms with van der Waals surface area (Å²) >= 11 is 14.8. The van der Waals surface area contributed by atoms with E-state index in [4.69, 9.17) is 11.6 Å². The second kappa shape index (κ2) is 5.58. The molecule has 2 aromatic rings. The van der Waals surface area contributed by atoms with Crippen molar-refractivity contribution in [1.82, 2.24) is 0 Å². The maximum absolute atomic E-state index is 6.17. The molecule has 4 heteroatoms. The van der Waals surface area contributed by atoms with Crippen molar-refractivity contribution >= 4 is 55.2 Å². The van der Waals surface area contributed by atoms with E-state index in [0.717, 1.165) is 23.8 Å². The summed E-state index contributed by atoms with van der Waals surface area (Å²) in [4.78, 5) is 2.19. The van der Waals surface area contributed by atoms with E-state index in [1.165, 1.54) is 0 Å². The van der Waals surface area contributed by atoms with Crippen LogP contribution in [0.25, 0.3) is 0 Å². The van der Waals surface area contributed by atoms with E-state index in [-0.39, 0.29) is 0 Å². The van der Waals surface area contributed by atoms with Crippen LogP contribution in [-0.4, -0.2) is 0 Å². The molecule has 0 aliphatic heterocycles. The quantitative estimate of drug-likeness (QED) is 0.616. The molecule has 0 fully saturated rings. The summed E-state index contributed by atoms with van der Waals surface area (Å²) in [5.41, 5.74) is 0. The number of benzene rings is 2.